The number of nitrogens with one attached hydrogen (secondary N) is 2. The second kappa shape index (κ2) is 11.0. The lowest BCUT2D eigenvalue weighted by Gasteiger charge is -2.24. The van der Waals surface area contributed by atoms with Gasteiger partial charge >= 0.3 is 6.03 Å². The van der Waals surface area contributed by atoms with E-state index in [4.69, 9.17) is 9.47 Å². The number of aliphatic hydroxyl groups is 2. The fourth-order valence-corrected chi connectivity index (χ4v) is 3.45. The number of ether oxygens (including phenoxy) is 2. The summed E-state index contributed by atoms with van der Waals surface area (Å²) in [5, 5.41) is 25.5. The molecule has 0 aliphatic carbocycles. The van der Waals surface area contributed by atoms with Gasteiger partial charge in [0.05, 0.1) is 39.3 Å². The summed E-state index contributed by atoms with van der Waals surface area (Å²) >= 11 is 0. The lowest BCUT2D eigenvalue weighted by molar-refractivity contribution is -0.123. The van der Waals surface area contributed by atoms with Gasteiger partial charge < -0.3 is 30.3 Å². The molecule has 1 aromatic rings. The van der Waals surface area contributed by atoms with Crippen molar-refractivity contribution in [1.82, 2.24) is 15.5 Å². The van der Waals surface area contributed by atoms with Crippen LogP contribution in [0.1, 0.15) is 32.3 Å². The fourth-order valence-electron chi connectivity index (χ4n) is 3.45. The minimum atomic E-state index is -1.11. The molecule has 9 heteroatoms. The second-order valence-electron chi connectivity index (χ2n) is 7.55. The molecule has 0 bridgehead atoms. The molecule has 1 fully saturated rings. The molecule has 4 atom stereocenters. The highest BCUT2D eigenvalue weighted by molar-refractivity contribution is 5.81. The lowest BCUT2D eigenvalue weighted by atomic mass is 9.99. The molecule has 168 valence electrons. The molecule has 1 saturated heterocycles. The molecule has 1 aromatic carbocycles. The Hall–Kier alpha value is -2.52. The van der Waals surface area contributed by atoms with E-state index in [1.54, 1.807) is 20.3 Å². The molecule has 0 aromatic heterocycles. The molecule has 30 heavy (non-hydrogen) atoms. The van der Waals surface area contributed by atoms with Crippen LogP contribution in [-0.2, 0) is 11.2 Å². The summed E-state index contributed by atoms with van der Waals surface area (Å²) in [6, 6.07) is 4.01. The average Bonchev–Trinajstić information content (AvgIpc) is 3.01. The van der Waals surface area contributed by atoms with Gasteiger partial charge in [-0.05, 0) is 30.0 Å². The van der Waals surface area contributed by atoms with Crippen LogP contribution in [0.3, 0.4) is 0 Å². The normalized spacial score (nSPS) is 20.5. The van der Waals surface area contributed by atoms with E-state index >= 15 is 0 Å². The Morgan fingerprint density at radius 2 is 2.00 bits per heavy atom. The van der Waals surface area contributed by atoms with Crippen molar-refractivity contribution in [3.05, 3.63) is 23.8 Å². The first-order chi connectivity index (χ1) is 14.3. The molecule has 4 N–H and O–H groups in total. The predicted molar refractivity (Wildman–Crippen MR) is 111 cm³/mol. The zero-order valence-electron chi connectivity index (χ0n) is 18.1. The van der Waals surface area contributed by atoms with Crippen LogP contribution in [0.4, 0.5) is 4.79 Å². The number of amides is 3. The third-order valence-corrected chi connectivity index (χ3v) is 5.62. The number of nitrogens with zero attached hydrogens (tertiary/aromatic N) is 1. The summed E-state index contributed by atoms with van der Waals surface area (Å²) in [6.07, 6.45) is 0.148. The van der Waals surface area contributed by atoms with Crippen LogP contribution in [0.25, 0.3) is 0 Å². The van der Waals surface area contributed by atoms with Crippen LogP contribution in [0.2, 0.25) is 0 Å². The molecule has 1 aliphatic rings. The highest BCUT2D eigenvalue weighted by Crippen LogP contribution is 2.28. The molecule has 2 rings (SSSR count). The van der Waals surface area contributed by atoms with Gasteiger partial charge in [-0.15, -0.1) is 0 Å². The molecule has 1 heterocycles. The predicted octanol–water partition coefficient (Wildman–Crippen LogP) is 0.872. The average molecular weight is 424 g/mol. The number of aliphatic hydroxyl groups excluding tert-OH is 2. The minimum Gasteiger partial charge on any atom is -0.493 e. The maximum absolute atomic E-state index is 12.3. The number of carbonyl (C=O) groups excluding carboxylic acids is 2. The zero-order valence-corrected chi connectivity index (χ0v) is 18.1. The van der Waals surface area contributed by atoms with Crippen molar-refractivity contribution in [2.45, 2.75) is 51.4 Å². The molecule has 0 spiro atoms. The van der Waals surface area contributed by atoms with Crippen LogP contribution in [0.5, 0.6) is 11.5 Å². The van der Waals surface area contributed by atoms with Gasteiger partial charge in [-0.25, -0.2) is 4.79 Å². The van der Waals surface area contributed by atoms with Gasteiger partial charge in [-0.2, -0.15) is 0 Å². The molecular formula is C21H33N3O6. The summed E-state index contributed by atoms with van der Waals surface area (Å²) < 4.78 is 10.5. The van der Waals surface area contributed by atoms with Crippen molar-refractivity contribution >= 4 is 11.9 Å². The first-order valence-electron chi connectivity index (χ1n) is 10.2. The van der Waals surface area contributed by atoms with E-state index in [0.717, 1.165) is 12.0 Å². The van der Waals surface area contributed by atoms with Crippen molar-refractivity contribution < 1.29 is 29.3 Å². The molecule has 1 aliphatic heterocycles. The highest BCUT2D eigenvalue weighted by Gasteiger charge is 2.39. The summed E-state index contributed by atoms with van der Waals surface area (Å²) in [7, 11) is 3.11. The van der Waals surface area contributed by atoms with Crippen molar-refractivity contribution in [3.63, 3.8) is 0 Å². The van der Waals surface area contributed by atoms with Gasteiger partial charge in [-0.3, -0.25) is 9.69 Å². The second-order valence-corrected chi connectivity index (χ2v) is 7.55. The zero-order chi connectivity index (χ0) is 22.3. The van der Waals surface area contributed by atoms with E-state index in [0.29, 0.717) is 17.9 Å². The minimum absolute atomic E-state index is 0.0628. The van der Waals surface area contributed by atoms with Crippen LogP contribution in [0.15, 0.2) is 18.2 Å². The number of methoxy groups -OCH3 is 2. The Morgan fingerprint density at radius 1 is 1.30 bits per heavy atom. The number of urea groups is 1. The molecule has 0 saturated carbocycles. The number of hydrogen-bond acceptors (Lipinski definition) is 6. The van der Waals surface area contributed by atoms with Crippen LogP contribution in [0, 0.1) is 5.92 Å². The number of carbonyl (C=O) groups is 2. The first-order valence-corrected chi connectivity index (χ1v) is 10.2. The van der Waals surface area contributed by atoms with E-state index in [2.05, 4.69) is 10.6 Å². The third kappa shape index (κ3) is 5.76. The Balaban J connectivity index is 1.93. The van der Waals surface area contributed by atoms with Gasteiger partial charge in [0.1, 0.15) is 0 Å². The quantitative estimate of drug-likeness (QED) is 0.419. The summed E-state index contributed by atoms with van der Waals surface area (Å²) in [5.41, 5.74) is 0.924. The van der Waals surface area contributed by atoms with Crippen LogP contribution >= 0.6 is 0 Å². The largest absolute Gasteiger partial charge is 0.493 e. The van der Waals surface area contributed by atoms with Crippen molar-refractivity contribution in [2.75, 3.05) is 27.4 Å². The Morgan fingerprint density at radius 3 is 2.60 bits per heavy atom. The van der Waals surface area contributed by atoms with Crippen molar-refractivity contribution in [3.8, 4) is 11.5 Å². The topological polar surface area (TPSA) is 120 Å². The third-order valence-electron chi connectivity index (χ3n) is 5.62. The van der Waals surface area contributed by atoms with Crippen LogP contribution in [-0.4, -0.2) is 72.7 Å². The number of rotatable bonds is 11. The number of benzene rings is 1. The van der Waals surface area contributed by atoms with Gasteiger partial charge in [0.15, 0.2) is 17.7 Å². The lowest BCUT2D eigenvalue weighted by Crippen LogP contribution is -2.45. The molecule has 9 nitrogen and oxygen atoms in total. The van der Waals surface area contributed by atoms with Gasteiger partial charge in [-0.1, -0.05) is 26.3 Å². The van der Waals surface area contributed by atoms with E-state index < -0.39 is 18.3 Å². The van der Waals surface area contributed by atoms with Crippen molar-refractivity contribution in [1.29, 1.82) is 0 Å². The smallest absolute Gasteiger partial charge is 0.319 e. The summed E-state index contributed by atoms with van der Waals surface area (Å²) in [5.74, 6) is 1.01. The van der Waals surface area contributed by atoms with Crippen molar-refractivity contribution in [2.24, 2.45) is 5.92 Å². The fraction of sp³-hybridized carbons (Fsp3) is 0.619. The standard InChI is InChI=1S/C21H33N3O6/c1-5-13(2)16(12-25)22-19(26)11-15-20(27)24(21(28)23-15)9-8-14-6-7-17(29-3)18(10-14)30-4/h6-7,10,13,15-16,20,25,27H,5,8-9,11-12H2,1-4H3,(H,22,26)(H,23,28)/t13-,15+,16-,20-/m0/s1. The first kappa shape index (κ1) is 23.8. The van der Waals surface area contributed by atoms with E-state index in [1.165, 1.54) is 4.90 Å². The molecule has 0 unspecified atom stereocenters. The SMILES string of the molecule is CC[C@H](C)[C@H](CO)NC(=O)C[C@H]1NC(=O)N(CCc2ccc(OC)c(OC)c2)[C@H]1O. The maximum atomic E-state index is 12.3. The summed E-state index contributed by atoms with van der Waals surface area (Å²) in [6.45, 7) is 4.06. The van der Waals surface area contributed by atoms with E-state index in [1.807, 2.05) is 26.0 Å². The van der Waals surface area contributed by atoms with E-state index in [-0.39, 0.29) is 37.4 Å². The number of hydrogen-bond donors (Lipinski definition) is 4. The van der Waals surface area contributed by atoms with E-state index in [9.17, 15) is 19.8 Å². The molecular weight excluding hydrogens is 390 g/mol. The maximum Gasteiger partial charge on any atom is 0.319 e. The molecule has 0 radical (unpaired) electrons. The van der Waals surface area contributed by atoms with Gasteiger partial charge in [0.25, 0.3) is 0 Å². The molecule has 3 amide bonds. The van der Waals surface area contributed by atoms with Crippen LogP contribution < -0.4 is 20.1 Å². The monoisotopic (exact) mass is 423 g/mol. The Labute approximate surface area is 177 Å². The Kier molecular flexibility index (Phi) is 8.73. The van der Waals surface area contributed by atoms with Gasteiger partial charge in [0.2, 0.25) is 5.91 Å². The Bertz CT molecular complexity index is 729. The summed E-state index contributed by atoms with van der Waals surface area (Å²) in [4.78, 5) is 25.9. The van der Waals surface area contributed by atoms with Gasteiger partial charge in [0, 0.05) is 6.54 Å². The highest BCUT2D eigenvalue weighted by atomic mass is 16.5.